The van der Waals surface area contributed by atoms with Crippen molar-refractivity contribution in [1.29, 1.82) is 0 Å². The van der Waals surface area contributed by atoms with E-state index < -0.39 is 0 Å². The standard InChI is InChI=1S/C34H66O2/c1-3-5-7-9-11-13-15-17-19-20-22-24-26-28-30-32-34(35)36-33-31-29-27-25-23-21-18-16-14-12-10-8-6-4-2/h31,33H,3-30,32H2,1-2H3/b33-31+. The van der Waals surface area contributed by atoms with Gasteiger partial charge in [-0.1, -0.05) is 174 Å². The van der Waals surface area contributed by atoms with Gasteiger partial charge in [-0.2, -0.15) is 0 Å². The normalized spacial score (nSPS) is 11.5. The van der Waals surface area contributed by atoms with Crippen molar-refractivity contribution in [3.05, 3.63) is 12.3 Å². The van der Waals surface area contributed by atoms with E-state index in [0.29, 0.717) is 6.42 Å². The van der Waals surface area contributed by atoms with Crippen molar-refractivity contribution in [3.8, 4) is 0 Å². The molecule has 0 aliphatic heterocycles. The lowest BCUT2D eigenvalue weighted by Crippen LogP contribution is -1.98. The number of esters is 1. The number of carbonyl (C=O) groups is 1. The number of unbranched alkanes of at least 4 members (excludes halogenated alkanes) is 26. The summed E-state index contributed by atoms with van der Waals surface area (Å²) in [6.45, 7) is 4.57. The van der Waals surface area contributed by atoms with E-state index in [9.17, 15) is 4.79 Å². The highest BCUT2D eigenvalue weighted by atomic mass is 16.5. The van der Waals surface area contributed by atoms with E-state index in [1.54, 1.807) is 6.26 Å². The Morgan fingerprint density at radius 3 is 1.11 bits per heavy atom. The van der Waals surface area contributed by atoms with Gasteiger partial charge in [0.1, 0.15) is 0 Å². The van der Waals surface area contributed by atoms with Crippen molar-refractivity contribution >= 4 is 5.97 Å². The van der Waals surface area contributed by atoms with Crippen molar-refractivity contribution in [2.75, 3.05) is 0 Å². The van der Waals surface area contributed by atoms with E-state index >= 15 is 0 Å². The number of ether oxygens (including phenoxy) is 1. The molecule has 2 nitrogen and oxygen atoms in total. The molecule has 36 heavy (non-hydrogen) atoms. The molecule has 0 atom stereocenters. The van der Waals surface area contributed by atoms with Gasteiger partial charge in [-0.05, 0) is 25.3 Å². The van der Waals surface area contributed by atoms with E-state index in [1.807, 2.05) is 6.08 Å². The molecule has 0 amide bonds. The van der Waals surface area contributed by atoms with Gasteiger partial charge in [-0.3, -0.25) is 4.79 Å². The molecule has 0 aliphatic rings. The maximum absolute atomic E-state index is 11.8. The van der Waals surface area contributed by atoms with Crippen molar-refractivity contribution in [3.63, 3.8) is 0 Å². The lowest BCUT2D eigenvalue weighted by molar-refractivity contribution is -0.138. The van der Waals surface area contributed by atoms with Crippen molar-refractivity contribution < 1.29 is 9.53 Å². The third-order valence-corrected chi connectivity index (χ3v) is 7.50. The Hall–Kier alpha value is -0.790. The summed E-state index contributed by atoms with van der Waals surface area (Å²) in [5, 5.41) is 0. The molecule has 0 fully saturated rings. The number of hydrogen-bond acceptors (Lipinski definition) is 2. The van der Waals surface area contributed by atoms with Crippen LogP contribution in [-0.2, 0) is 9.53 Å². The first-order valence-corrected chi connectivity index (χ1v) is 16.7. The third kappa shape index (κ3) is 31.2. The van der Waals surface area contributed by atoms with Crippen molar-refractivity contribution in [1.82, 2.24) is 0 Å². The molecule has 0 rings (SSSR count). The second-order valence-corrected chi connectivity index (χ2v) is 11.2. The summed E-state index contributed by atoms with van der Waals surface area (Å²) in [5.41, 5.74) is 0. The SMILES string of the molecule is CCCCCCCCCCCCCC/C=C/OC(=O)CCCCCCCCCCCCCCCCC. The van der Waals surface area contributed by atoms with Gasteiger partial charge in [-0.25, -0.2) is 0 Å². The predicted molar refractivity (Wildman–Crippen MR) is 160 cm³/mol. The monoisotopic (exact) mass is 507 g/mol. The second-order valence-electron chi connectivity index (χ2n) is 11.2. The number of carbonyl (C=O) groups excluding carboxylic acids is 1. The molecular weight excluding hydrogens is 440 g/mol. The van der Waals surface area contributed by atoms with Gasteiger partial charge >= 0.3 is 5.97 Å². The zero-order chi connectivity index (χ0) is 26.2. The van der Waals surface area contributed by atoms with Crippen LogP contribution in [0.5, 0.6) is 0 Å². The fourth-order valence-electron chi connectivity index (χ4n) is 4.99. The average Bonchev–Trinajstić information content (AvgIpc) is 2.88. The fourth-order valence-corrected chi connectivity index (χ4v) is 4.99. The van der Waals surface area contributed by atoms with E-state index in [0.717, 1.165) is 19.3 Å². The molecule has 0 saturated heterocycles. The first kappa shape index (κ1) is 35.2. The third-order valence-electron chi connectivity index (χ3n) is 7.50. The zero-order valence-electron chi connectivity index (χ0n) is 25.0. The van der Waals surface area contributed by atoms with E-state index in [2.05, 4.69) is 13.8 Å². The number of allylic oxidation sites excluding steroid dienone is 1. The van der Waals surface area contributed by atoms with Crippen LogP contribution in [0.3, 0.4) is 0 Å². The Bertz CT molecular complexity index is 442. The van der Waals surface area contributed by atoms with E-state index in [1.165, 1.54) is 161 Å². The molecule has 0 heterocycles. The molecule has 2 heteroatoms. The molecule has 0 bridgehead atoms. The molecule has 0 N–H and O–H groups in total. The maximum atomic E-state index is 11.8. The fraction of sp³-hybridized carbons (Fsp3) is 0.912. The Balaban J connectivity index is 3.21. The highest BCUT2D eigenvalue weighted by molar-refractivity contribution is 5.69. The van der Waals surface area contributed by atoms with Gasteiger partial charge in [0.2, 0.25) is 0 Å². The number of rotatable bonds is 30. The van der Waals surface area contributed by atoms with Gasteiger partial charge in [0.05, 0.1) is 6.26 Å². The summed E-state index contributed by atoms with van der Waals surface area (Å²) in [6.07, 6.45) is 42.1. The van der Waals surface area contributed by atoms with Crippen LogP contribution in [0.1, 0.15) is 200 Å². The van der Waals surface area contributed by atoms with Gasteiger partial charge in [0.25, 0.3) is 0 Å². The van der Waals surface area contributed by atoms with Crippen LogP contribution in [0.15, 0.2) is 12.3 Å². The minimum Gasteiger partial charge on any atom is -0.435 e. The summed E-state index contributed by atoms with van der Waals surface area (Å²) in [5.74, 6) is -0.0596. The molecule has 0 aromatic carbocycles. The van der Waals surface area contributed by atoms with E-state index in [4.69, 9.17) is 4.74 Å². The molecule has 0 aliphatic carbocycles. The van der Waals surface area contributed by atoms with E-state index in [-0.39, 0.29) is 5.97 Å². The zero-order valence-corrected chi connectivity index (χ0v) is 25.0. The van der Waals surface area contributed by atoms with Gasteiger partial charge < -0.3 is 4.74 Å². The lowest BCUT2D eigenvalue weighted by atomic mass is 10.0. The second kappa shape index (κ2) is 32.2. The largest absolute Gasteiger partial charge is 0.435 e. The molecular formula is C34H66O2. The first-order chi connectivity index (χ1) is 17.8. The minimum absolute atomic E-state index is 0.0596. The Labute approximate surface area is 227 Å². The van der Waals surface area contributed by atoms with Gasteiger partial charge in [0, 0.05) is 6.42 Å². The van der Waals surface area contributed by atoms with Crippen LogP contribution < -0.4 is 0 Å². The van der Waals surface area contributed by atoms with Crippen LogP contribution >= 0.6 is 0 Å². The highest BCUT2D eigenvalue weighted by Crippen LogP contribution is 2.15. The summed E-state index contributed by atoms with van der Waals surface area (Å²) >= 11 is 0. The highest BCUT2D eigenvalue weighted by Gasteiger charge is 2.01. The average molecular weight is 507 g/mol. The summed E-state index contributed by atoms with van der Waals surface area (Å²) in [7, 11) is 0. The molecule has 0 aromatic rings. The van der Waals surface area contributed by atoms with Crippen molar-refractivity contribution in [2.45, 2.75) is 200 Å². The first-order valence-electron chi connectivity index (χ1n) is 16.7. The summed E-state index contributed by atoms with van der Waals surface area (Å²) in [6, 6.07) is 0. The Morgan fingerprint density at radius 1 is 0.444 bits per heavy atom. The van der Waals surface area contributed by atoms with Crippen molar-refractivity contribution in [2.24, 2.45) is 0 Å². The predicted octanol–water partition coefficient (Wildman–Crippen LogP) is 12.4. The molecule has 0 unspecified atom stereocenters. The van der Waals surface area contributed by atoms with Gasteiger partial charge in [-0.15, -0.1) is 0 Å². The lowest BCUT2D eigenvalue weighted by Gasteiger charge is -2.03. The molecule has 0 saturated carbocycles. The van der Waals surface area contributed by atoms with Crippen LogP contribution in [0.2, 0.25) is 0 Å². The summed E-state index contributed by atoms with van der Waals surface area (Å²) in [4.78, 5) is 11.8. The maximum Gasteiger partial charge on any atom is 0.310 e. The van der Waals surface area contributed by atoms with Crippen LogP contribution in [0, 0.1) is 0 Å². The molecule has 214 valence electrons. The number of hydrogen-bond donors (Lipinski definition) is 0. The van der Waals surface area contributed by atoms with Crippen LogP contribution in [0.4, 0.5) is 0 Å². The Kier molecular flexibility index (Phi) is 31.5. The minimum atomic E-state index is -0.0596. The molecule has 0 radical (unpaired) electrons. The quantitative estimate of drug-likeness (QED) is 0.0550. The topological polar surface area (TPSA) is 26.3 Å². The molecule has 0 aromatic heterocycles. The molecule has 0 spiro atoms. The Morgan fingerprint density at radius 2 is 0.750 bits per heavy atom. The van der Waals surface area contributed by atoms with Crippen LogP contribution in [-0.4, -0.2) is 5.97 Å². The smallest absolute Gasteiger partial charge is 0.310 e. The summed E-state index contributed by atoms with van der Waals surface area (Å²) < 4.78 is 5.25. The van der Waals surface area contributed by atoms with Crippen LogP contribution in [0.25, 0.3) is 0 Å². The van der Waals surface area contributed by atoms with Gasteiger partial charge in [0.15, 0.2) is 0 Å².